The molecule has 0 saturated carbocycles. The Morgan fingerprint density at radius 2 is 1.70 bits per heavy atom. The minimum Gasteiger partial charge on any atom is -0.360 e. The first-order valence-electron chi connectivity index (χ1n) is 8.98. The predicted molar refractivity (Wildman–Crippen MR) is 105 cm³/mol. The number of piperazine rings is 1. The van der Waals surface area contributed by atoms with Crippen LogP contribution in [0.3, 0.4) is 0 Å². The van der Waals surface area contributed by atoms with Gasteiger partial charge in [0.25, 0.3) is 0 Å². The van der Waals surface area contributed by atoms with Gasteiger partial charge in [0.05, 0.1) is 4.90 Å². The summed E-state index contributed by atoms with van der Waals surface area (Å²) >= 11 is 0. The highest BCUT2D eigenvalue weighted by Gasteiger charge is 2.31. The van der Waals surface area contributed by atoms with E-state index < -0.39 is 10.0 Å². The maximum Gasteiger partial charge on any atom is 0.243 e. The fraction of sp³-hybridized carbons (Fsp3) is 0.300. The summed E-state index contributed by atoms with van der Waals surface area (Å²) < 4.78 is 40.9. The van der Waals surface area contributed by atoms with Gasteiger partial charge in [-0.15, -0.1) is 0 Å². The highest BCUT2D eigenvalue weighted by Crippen LogP contribution is 2.30. The van der Waals surface area contributed by atoms with E-state index in [2.05, 4.69) is 10.3 Å². The molecule has 1 aromatic heterocycles. The van der Waals surface area contributed by atoms with Crippen molar-refractivity contribution in [3.8, 4) is 11.1 Å². The fourth-order valence-corrected chi connectivity index (χ4v) is 5.38. The van der Waals surface area contributed by atoms with E-state index in [0.29, 0.717) is 23.5 Å². The Kier molecular flexibility index (Phi) is 4.53. The van der Waals surface area contributed by atoms with Crippen molar-refractivity contribution in [2.75, 3.05) is 13.1 Å². The van der Waals surface area contributed by atoms with Gasteiger partial charge in [0.2, 0.25) is 10.0 Å². The third kappa shape index (κ3) is 3.38. The molecule has 1 aliphatic heterocycles. The van der Waals surface area contributed by atoms with Gasteiger partial charge in [-0.05, 0) is 49.7 Å². The Morgan fingerprint density at radius 1 is 1.04 bits per heavy atom. The van der Waals surface area contributed by atoms with E-state index in [4.69, 9.17) is 0 Å². The summed E-state index contributed by atoms with van der Waals surface area (Å²) in [6.45, 7) is 4.90. The van der Waals surface area contributed by atoms with Crippen LogP contribution in [-0.4, -0.2) is 42.9 Å². The van der Waals surface area contributed by atoms with Gasteiger partial charge >= 0.3 is 0 Å². The molecule has 27 heavy (non-hydrogen) atoms. The van der Waals surface area contributed by atoms with Crippen LogP contribution in [0.15, 0.2) is 53.6 Å². The normalized spacial score (nSPS) is 21.6. The minimum absolute atomic E-state index is 0.120. The van der Waals surface area contributed by atoms with Crippen molar-refractivity contribution in [2.24, 2.45) is 0 Å². The number of aromatic nitrogens is 1. The molecule has 2 atom stereocenters. The topological polar surface area (TPSA) is 65.2 Å². The number of nitrogens with zero attached hydrogens (tertiary/aromatic N) is 1. The number of rotatable bonds is 3. The molecule has 0 bridgehead atoms. The van der Waals surface area contributed by atoms with Crippen LogP contribution in [0.25, 0.3) is 22.0 Å². The average molecular weight is 387 g/mol. The number of H-pyrrole nitrogens is 1. The monoisotopic (exact) mass is 387 g/mol. The molecule has 2 unspecified atom stereocenters. The molecule has 0 amide bonds. The third-order valence-corrected chi connectivity index (χ3v) is 6.82. The van der Waals surface area contributed by atoms with E-state index in [0.717, 1.165) is 16.5 Å². The molecule has 0 radical (unpaired) electrons. The second-order valence-corrected chi connectivity index (χ2v) is 9.15. The molecular weight excluding hydrogens is 365 g/mol. The third-order valence-electron chi connectivity index (χ3n) is 4.97. The number of aromatic amines is 1. The highest BCUT2D eigenvalue weighted by molar-refractivity contribution is 7.89. The SMILES string of the molecule is CC1CN(S(=O)(=O)c2ccc(-c3c[nH]c4cc(F)ccc34)cc2)CC(C)N1. The fourth-order valence-electron chi connectivity index (χ4n) is 3.77. The second kappa shape index (κ2) is 6.74. The van der Waals surface area contributed by atoms with Gasteiger partial charge in [-0.25, -0.2) is 12.8 Å². The lowest BCUT2D eigenvalue weighted by molar-refractivity contribution is 0.263. The zero-order chi connectivity index (χ0) is 19.2. The lowest BCUT2D eigenvalue weighted by atomic mass is 10.1. The number of hydrogen-bond donors (Lipinski definition) is 2. The first kappa shape index (κ1) is 18.2. The van der Waals surface area contributed by atoms with Crippen LogP contribution in [0, 0.1) is 5.82 Å². The molecule has 0 aliphatic carbocycles. The minimum atomic E-state index is -3.53. The highest BCUT2D eigenvalue weighted by atomic mass is 32.2. The molecule has 2 aromatic carbocycles. The molecule has 7 heteroatoms. The van der Waals surface area contributed by atoms with Crippen molar-refractivity contribution in [3.63, 3.8) is 0 Å². The van der Waals surface area contributed by atoms with Crippen molar-refractivity contribution in [2.45, 2.75) is 30.8 Å². The van der Waals surface area contributed by atoms with Gasteiger partial charge in [0, 0.05) is 47.8 Å². The zero-order valence-electron chi connectivity index (χ0n) is 15.2. The lowest BCUT2D eigenvalue weighted by Gasteiger charge is -2.35. The molecule has 1 fully saturated rings. The summed E-state index contributed by atoms with van der Waals surface area (Å²) in [4.78, 5) is 3.35. The Balaban J connectivity index is 1.65. The summed E-state index contributed by atoms with van der Waals surface area (Å²) in [6, 6.07) is 11.7. The van der Waals surface area contributed by atoms with Gasteiger partial charge in [0.15, 0.2) is 0 Å². The van der Waals surface area contributed by atoms with Crippen LogP contribution >= 0.6 is 0 Å². The maximum absolute atomic E-state index is 13.4. The van der Waals surface area contributed by atoms with Gasteiger partial charge in [0.1, 0.15) is 5.82 Å². The molecule has 0 spiro atoms. The molecule has 1 aliphatic rings. The molecule has 2 N–H and O–H groups in total. The first-order chi connectivity index (χ1) is 12.8. The smallest absolute Gasteiger partial charge is 0.243 e. The standard InChI is InChI=1S/C20H22FN3O2S/c1-13-11-24(12-14(2)23-13)27(25,26)17-6-3-15(4-7-17)19-10-22-20-9-16(21)5-8-18(19)20/h3-10,13-14,22-23H,11-12H2,1-2H3. The predicted octanol–water partition coefficient (Wildman–Crippen LogP) is 3.34. The Bertz CT molecular complexity index is 1070. The average Bonchev–Trinajstić information content (AvgIpc) is 3.04. The lowest BCUT2D eigenvalue weighted by Crippen LogP contribution is -2.55. The van der Waals surface area contributed by atoms with E-state index in [-0.39, 0.29) is 17.9 Å². The number of benzene rings is 2. The molecular formula is C20H22FN3O2S. The zero-order valence-corrected chi connectivity index (χ0v) is 16.1. The molecule has 3 aromatic rings. The van der Waals surface area contributed by atoms with Gasteiger partial charge < -0.3 is 10.3 Å². The molecule has 142 valence electrons. The van der Waals surface area contributed by atoms with E-state index in [1.165, 1.54) is 12.1 Å². The van der Waals surface area contributed by atoms with Gasteiger partial charge in [-0.1, -0.05) is 12.1 Å². The molecule has 4 rings (SSSR count). The molecule has 2 heterocycles. The van der Waals surface area contributed by atoms with Crippen LogP contribution in [0.1, 0.15) is 13.8 Å². The van der Waals surface area contributed by atoms with E-state index in [1.54, 1.807) is 34.6 Å². The van der Waals surface area contributed by atoms with Crippen molar-refractivity contribution in [1.29, 1.82) is 0 Å². The quantitative estimate of drug-likeness (QED) is 0.724. The Morgan fingerprint density at radius 3 is 2.37 bits per heavy atom. The summed E-state index contributed by atoms with van der Waals surface area (Å²) in [6.07, 6.45) is 1.81. The summed E-state index contributed by atoms with van der Waals surface area (Å²) in [5.74, 6) is -0.295. The van der Waals surface area contributed by atoms with Crippen LogP contribution in [0.2, 0.25) is 0 Å². The summed E-state index contributed by atoms with van der Waals surface area (Å²) in [7, 11) is -3.53. The van der Waals surface area contributed by atoms with E-state index in [9.17, 15) is 12.8 Å². The van der Waals surface area contributed by atoms with E-state index >= 15 is 0 Å². The molecule has 5 nitrogen and oxygen atoms in total. The first-order valence-corrected chi connectivity index (χ1v) is 10.4. The van der Waals surface area contributed by atoms with Gasteiger partial charge in [-0.3, -0.25) is 0 Å². The summed E-state index contributed by atoms with van der Waals surface area (Å²) in [5, 5.41) is 4.24. The van der Waals surface area contributed by atoms with E-state index in [1.807, 2.05) is 20.0 Å². The van der Waals surface area contributed by atoms with Crippen LogP contribution in [-0.2, 0) is 10.0 Å². The van der Waals surface area contributed by atoms with Crippen LogP contribution < -0.4 is 5.32 Å². The van der Waals surface area contributed by atoms with Crippen molar-refractivity contribution in [1.82, 2.24) is 14.6 Å². The number of halogens is 1. The Labute approximate surface area is 158 Å². The largest absolute Gasteiger partial charge is 0.360 e. The van der Waals surface area contributed by atoms with Crippen LogP contribution in [0.4, 0.5) is 4.39 Å². The van der Waals surface area contributed by atoms with Crippen molar-refractivity contribution >= 4 is 20.9 Å². The number of hydrogen-bond acceptors (Lipinski definition) is 3. The Hall–Kier alpha value is -2.22. The van der Waals surface area contributed by atoms with Crippen molar-refractivity contribution < 1.29 is 12.8 Å². The second-order valence-electron chi connectivity index (χ2n) is 7.21. The number of sulfonamides is 1. The maximum atomic E-state index is 13.4. The number of nitrogens with one attached hydrogen (secondary N) is 2. The number of fused-ring (bicyclic) bond motifs is 1. The molecule has 1 saturated heterocycles. The van der Waals surface area contributed by atoms with Crippen molar-refractivity contribution in [3.05, 3.63) is 54.5 Å². The van der Waals surface area contributed by atoms with Crippen LogP contribution in [0.5, 0.6) is 0 Å². The summed E-state index contributed by atoms with van der Waals surface area (Å²) in [5.41, 5.74) is 2.51. The van der Waals surface area contributed by atoms with Gasteiger partial charge in [-0.2, -0.15) is 4.31 Å².